The van der Waals surface area contributed by atoms with E-state index in [0.717, 1.165) is 17.7 Å². The molecular formula is C18H25N3O3. The zero-order chi connectivity index (χ0) is 17.9. The van der Waals surface area contributed by atoms with Crippen molar-refractivity contribution in [1.29, 1.82) is 0 Å². The zero-order valence-corrected chi connectivity index (χ0v) is 14.7. The number of aryl methyl sites for hydroxylation is 1. The predicted octanol–water partition coefficient (Wildman–Crippen LogP) is 1.93. The molecule has 24 heavy (non-hydrogen) atoms. The maximum Gasteiger partial charge on any atom is 0.325 e. The van der Waals surface area contributed by atoms with Gasteiger partial charge in [0.1, 0.15) is 12.1 Å². The third-order valence-electron chi connectivity index (χ3n) is 4.10. The molecule has 0 bridgehead atoms. The molecule has 4 amide bonds. The second-order valence-corrected chi connectivity index (χ2v) is 6.62. The molecule has 1 aromatic rings. The van der Waals surface area contributed by atoms with Crippen LogP contribution in [-0.2, 0) is 21.5 Å². The molecule has 0 saturated carbocycles. The molecule has 1 atom stereocenters. The minimum absolute atomic E-state index is 0.0456. The summed E-state index contributed by atoms with van der Waals surface area (Å²) in [6.07, 6.45) is 2.02. The van der Waals surface area contributed by atoms with Crippen molar-refractivity contribution in [3.05, 3.63) is 35.4 Å². The van der Waals surface area contributed by atoms with E-state index in [1.807, 2.05) is 38.1 Å². The van der Waals surface area contributed by atoms with Gasteiger partial charge in [0.05, 0.1) is 0 Å². The van der Waals surface area contributed by atoms with Crippen LogP contribution in [0.3, 0.4) is 0 Å². The summed E-state index contributed by atoms with van der Waals surface area (Å²) in [6, 6.07) is 7.08. The molecule has 1 aromatic carbocycles. The van der Waals surface area contributed by atoms with Gasteiger partial charge in [-0.2, -0.15) is 0 Å². The Morgan fingerprint density at radius 2 is 1.88 bits per heavy atom. The highest BCUT2D eigenvalue weighted by Gasteiger charge is 2.49. The summed E-state index contributed by atoms with van der Waals surface area (Å²) in [6.45, 7) is 7.16. The smallest absolute Gasteiger partial charge is 0.325 e. The molecule has 0 radical (unpaired) electrons. The van der Waals surface area contributed by atoms with Gasteiger partial charge in [0.25, 0.3) is 5.91 Å². The monoisotopic (exact) mass is 331 g/mol. The lowest BCUT2D eigenvalue weighted by Gasteiger charge is -2.22. The molecule has 2 N–H and O–H groups in total. The Kier molecular flexibility index (Phi) is 5.26. The zero-order valence-electron chi connectivity index (χ0n) is 14.7. The van der Waals surface area contributed by atoms with Crippen molar-refractivity contribution >= 4 is 17.8 Å². The van der Waals surface area contributed by atoms with Gasteiger partial charge in [-0.1, -0.05) is 37.6 Å². The summed E-state index contributed by atoms with van der Waals surface area (Å²) >= 11 is 0. The lowest BCUT2D eigenvalue weighted by molar-refractivity contribution is -0.135. The van der Waals surface area contributed by atoms with Crippen LogP contribution in [0.5, 0.6) is 0 Å². The van der Waals surface area contributed by atoms with Gasteiger partial charge in [-0.3, -0.25) is 14.5 Å². The highest BCUT2D eigenvalue weighted by molar-refractivity contribution is 6.09. The van der Waals surface area contributed by atoms with Crippen molar-refractivity contribution in [3.63, 3.8) is 0 Å². The Morgan fingerprint density at radius 3 is 2.42 bits per heavy atom. The van der Waals surface area contributed by atoms with E-state index < -0.39 is 17.5 Å². The average molecular weight is 331 g/mol. The molecule has 2 rings (SSSR count). The number of imide groups is 1. The number of hydrogen-bond acceptors (Lipinski definition) is 3. The number of hydrogen-bond donors (Lipinski definition) is 2. The summed E-state index contributed by atoms with van der Waals surface area (Å²) < 4.78 is 0. The fourth-order valence-corrected chi connectivity index (χ4v) is 2.84. The van der Waals surface area contributed by atoms with Gasteiger partial charge >= 0.3 is 6.03 Å². The first-order chi connectivity index (χ1) is 11.3. The maximum atomic E-state index is 12.7. The van der Waals surface area contributed by atoms with Gasteiger partial charge in [-0.05, 0) is 38.3 Å². The van der Waals surface area contributed by atoms with Crippen LogP contribution in [0.1, 0.15) is 45.2 Å². The average Bonchev–Trinajstić information content (AvgIpc) is 2.72. The van der Waals surface area contributed by atoms with E-state index in [1.165, 1.54) is 5.56 Å². The SMILES string of the molecule is CCCc1ccc([C@]2(C)NC(=O)N(CC(=O)NC(C)C)C2=O)cc1. The molecule has 0 spiro atoms. The van der Waals surface area contributed by atoms with Crippen molar-refractivity contribution < 1.29 is 14.4 Å². The normalized spacial score (nSPS) is 20.5. The maximum absolute atomic E-state index is 12.7. The fraction of sp³-hybridized carbons (Fsp3) is 0.500. The number of benzene rings is 1. The van der Waals surface area contributed by atoms with E-state index in [2.05, 4.69) is 17.6 Å². The molecule has 130 valence electrons. The van der Waals surface area contributed by atoms with Gasteiger partial charge in [0, 0.05) is 6.04 Å². The molecule has 1 aliphatic heterocycles. The van der Waals surface area contributed by atoms with E-state index in [1.54, 1.807) is 6.92 Å². The van der Waals surface area contributed by atoms with Gasteiger partial charge in [-0.25, -0.2) is 4.79 Å². The van der Waals surface area contributed by atoms with Crippen LogP contribution in [-0.4, -0.2) is 35.3 Å². The number of carbonyl (C=O) groups is 3. The topological polar surface area (TPSA) is 78.5 Å². The Hall–Kier alpha value is -2.37. The van der Waals surface area contributed by atoms with Crippen LogP contribution < -0.4 is 10.6 Å². The van der Waals surface area contributed by atoms with E-state index in [4.69, 9.17) is 0 Å². The number of urea groups is 1. The first kappa shape index (κ1) is 18.0. The summed E-state index contributed by atoms with van der Waals surface area (Å²) in [7, 11) is 0. The lowest BCUT2D eigenvalue weighted by Crippen LogP contribution is -2.44. The fourth-order valence-electron chi connectivity index (χ4n) is 2.84. The number of rotatable bonds is 6. The summed E-state index contributed by atoms with van der Waals surface area (Å²) in [5, 5.41) is 5.40. The quantitative estimate of drug-likeness (QED) is 0.782. The number of carbonyl (C=O) groups excluding carboxylic acids is 3. The van der Waals surface area contributed by atoms with Gasteiger partial charge in [0.2, 0.25) is 5.91 Å². The van der Waals surface area contributed by atoms with Crippen LogP contribution >= 0.6 is 0 Å². The molecular weight excluding hydrogens is 306 g/mol. The number of nitrogens with zero attached hydrogens (tertiary/aromatic N) is 1. The van der Waals surface area contributed by atoms with E-state index in [0.29, 0.717) is 5.56 Å². The van der Waals surface area contributed by atoms with E-state index in [9.17, 15) is 14.4 Å². The number of amides is 4. The minimum Gasteiger partial charge on any atom is -0.352 e. The van der Waals surface area contributed by atoms with Crippen LogP contribution in [0.4, 0.5) is 4.79 Å². The highest BCUT2D eigenvalue weighted by atomic mass is 16.2. The van der Waals surface area contributed by atoms with Crippen LogP contribution in [0, 0.1) is 0 Å². The Morgan fingerprint density at radius 1 is 1.25 bits per heavy atom. The summed E-state index contributed by atoms with van der Waals surface area (Å²) in [4.78, 5) is 37.8. The molecule has 1 heterocycles. The van der Waals surface area contributed by atoms with Gasteiger partial charge < -0.3 is 10.6 Å². The molecule has 1 saturated heterocycles. The van der Waals surface area contributed by atoms with Gasteiger partial charge in [-0.15, -0.1) is 0 Å². The Balaban J connectivity index is 2.17. The molecule has 6 heteroatoms. The molecule has 1 fully saturated rings. The van der Waals surface area contributed by atoms with Crippen molar-refractivity contribution in [2.45, 2.75) is 52.1 Å². The van der Waals surface area contributed by atoms with E-state index >= 15 is 0 Å². The van der Waals surface area contributed by atoms with E-state index in [-0.39, 0.29) is 18.5 Å². The minimum atomic E-state index is -1.14. The first-order valence-corrected chi connectivity index (χ1v) is 8.30. The second kappa shape index (κ2) is 7.03. The highest BCUT2D eigenvalue weighted by Crippen LogP contribution is 2.29. The van der Waals surface area contributed by atoms with Crippen molar-refractivity contribution in [2.24, 2.45) is 0 Å². The largest absolute Gasteiger partial charge is 0.352 e. The third-order valence-corrected chi connectivity index (χ3v) is 4.10. The first-order valence-electron chi connectivity index (χ1n) is 8.30. The molecule has 6 nitrogen and oxygen atoms in total. The number of nitrogens with one attached hydrogen (secondary N) is 2. The lowest BCUT2D eigenvalue weighted by atomic mass is 9.91. The second-order valence-electron chi connectivity index (χ2n) is 6.62. The van der Waals surface area contributed by atoms with Crippen LogP contribution in [0.2, 0.25) is 0 Å². The summed E-state index contributed by atoms with van der Waals surface area (Å²) in [5.41, 5.74) is 0.766. The standard InChI is InChI=1S/C18H25N3O3/c1-5-6-13-7-9-14(10-8-13)18(4)16(23)21(17(24)20-18)11-15(22)19-12(2)3/h7-10,12H,5-6,11H2,1-4H3,(H,19,22)(H,20,24)/t18-/m0/s1. The van der Waals surface area contributed by atoms with Crippen LogP contribution in [0.15, 0.2) is 24.3 Å². The Labute approximate surface area is 142 Å². The summed E-state index contributed by atoms with van der Waals surface area (Å²) in [5.74, 6) is -0.759. The molecule has 1 aliphatic rings. The Bertz CT molecular complexity index is 639. The predicted molar refractivity (Wildman–Crippen MR) is 91.3 cm³/mol. The van der Waals surface area contributed by atoms with Crippen molar-refractivity contribution in [1.82, 2.24) is 15.5 Å². The van der Waals surface area contributed by atoms with Crippen molar-refractivity contribution in [2.75, 3.05) is 6.54 Å². The van der Waals surface area contributed by atoms with Gasteiger partial charge in [0.15, 0.2) is 0 Å². The van der Waals surface area contributed by atoms with Crippen LogP contribution in [0.25, 0.3) is 0 Å². The van der Waals surface area contributed by atoms with Crippen molar-refractivity contribution in [3.8, 4) is 0 Å². The molecule has 0 aliphatic carbocycles. The third kappa shape index (κ3) is 3.58. The molecule has 0 unspecified atom stereocenters. The molecule has 0 aromatic heterocycles.